The standard InChI is InChI=1S/C21H26FN3S/c1-3-5-19(15-23)24-16(2)25-12-8-17(9-13-25)21(10-11-21)26-20-7-4-6-18(22)14-20/h3-7,14-15,17,23-24H,1-2,8-13H2/b19-5+,23-15?. The molecule has 5 heteroatoms. The second-order valence-electron chi connectivity index (χ2n) is 6.96. The number of allylic oxidation sites excluding steroid dienone is 3. The van der Waals surface area contributed by atoms with Gasteiger partial charge in [0, 0.05) is 28.9 Å². The molecule has 1 aliphatic heterocycles. The van der Waals surface area contributed by atoms with Crippen LogP contribution in [0.25, 0.3) is 0 Å². The molecule has 1 heterocycles. The summed E-state index contributed by atoms with van der Waals surface area (Å²) in [5.74, 6) is 1.34. The number of benzene rings is 1. The molecule has 2 N–H and O–H groups in total. The van der Waals surface area contributed by atoms with Gasteiger partial charge in [-0.25, -0.2) is 4.39 Å². The molecule has 26 heavy (non-hydrogen) atoms. The molecule has 0 spiro atoms. The molecule has 1 saturated heterocycles. The van der Waals surface area contributed by atoms with Gasteiger partial charge in [0.05, 0.1) is 11.5 Å². The van der Waals surface area contributed by atoms with Crippen molar-refractivity contribution in [2.24, 2.45) is 5.92 Å². The van der Waals surface area contributed by atoms with Gasteiger partial charge in [-0.05, 0) is 55.9 Å². The predicted octanol–water partition coefficient (Wildman–Crippen LogP) is 4.94. The molecule has 3 nitrogen and oxygen atoms in total. The highest BCUT2D eigenvalue weighted by molar-refractivity contribution is 8.01. The Hall–Kier alpha value is -2.01. The van der Waals surface area contributed by atoms with Crippen molar-refractivity contribution >= 4 is 18.0 Å². The van der Waals surface area contributed by atoms with Crippen LogP contribution >= 0.6 is 11.8 Å². The molecule has 1 aliphatic carbocycles. The maximum Gasteiger partial charge on any atom is 0.124 e. The van der Waals surface area contributed by atoms with Crippen molar-refractivity contribution in [3.8, 4) is 0 Å². The Labute approximate surface area is 159 Å². The van der Waals surface area contributed by atoms with Gasteiger partial charge >= 0.3 is 0 Å². The van der Waals surface area contributed by atoms with Gasteiger partial charge < -0.3 is 15.6 Å². The zero-order chi connectivity index (χ0) is 18.6. The Kier molecular flexibility index (Phi) is 5.87. The smallest absolute Gasteiger partial charge is 0.124 e. The SMILES string of the molecule is C=C/C=C(\C=N)NC(=C)N1CCC(C2(Sc3cccc(F)c3)CC2)CC1. The molecule has 0 aromatic heterocycles. The fraction of sp³-hybridized carbons (Fsp3) is 0.381. The minimum Gasteiger partial charge on any atom is -0.359 e. The molecule has 0 radical (unpaired) electrons. The van der Waals surface area contributed by atoms with Gasteiger partial charge in [-0.2, -0.15) is 0 Å². The molecule has 1 aromatic carbocycles. The molecule has 1 aromatic rings. The van der Waals surface area contributed by atoms with Crippen molar-refractivity contribution in [1.29, 1.82) is 5.41 Å². The highest BCUT2D eigenvalue weighted by Crippen LogP contribution is 2.59. The van der Waals surface area contributed by atoms with Crippen LogP contribution < -0.4 is 5.32 Å². The lowest BCUT2D eigenvalue weighted by Crippen LogP contribution is -2.40. The summed E-state index contributed by atoms with van der Waals surface area (Å²) in [7, 11) is 0. The maximum atomic E-state index is 13.5. The van der Waals surface area contributed by atoms with Crippen molar-refractivity contribution in [2.45, 2.75) is 35.3 Å². The normalized spacial score (nSPS) is 19.7. The molecular formula is C21H26FN3S. The molecule has 0 atom stereocenters. The van der Waals surface area contributed by atoms with Crippen LogP contribution in [-0.2, 0) is 0 Å². The summed E-state index contributed by atoms with van der Waals surface area (Å²) in [4.78, 5) is 3.29. The first-order chi connectivity index (χ1) is 12.6. The third-order valence-electron chi connectivity index (χ3n) is 5.22. The second-order valence-corrected chi connectivity index (χ2v) is 8.45. The Bertz CT molecular complexity index is 716. The first kappa shape index (κ1) is 18.8. The van der Waals surface area contributed by atoms with Gasteiger partial charge in [0.1, 0.15) is 5.82 Å². The lowest BCUT2D eigenvalue weighted by Gasteiger charge is -2.38. The number of hydrogen-bond donors (Lipinski definition) is 2. The van der Waals surface area contributed by atoms with Gasteiger partial charge in [0.2, 0.25) is 0 Å². The summed E-state index contributed by atoms with van der Waals surface area (Å²) in [6, 6.07) is 6.96. The summed E-state index contributed by atoms with van der Waals surface area (Å²) in [5, 5.41) is 10.6. The maximum absolute atomic E-state index is 13.5. The zero-order valence-electron chi connectivity index (χ0n) is 15.0. The van der Waals surface area contributed by atoms with E-state index in [-0.39, 0.29) is 10.6 Å². The topological polar surface area (TPSA) is 39.1 Å². The lowest BCUT2D eigenvalue weighted by atomic mass is 9.91. The highest BCUT2D eigenvalue weighted by Gasteiger charge is 2.50. The van der Waals surface area contributed by atoms with E-state index in [1.165, 1.54) is 25.1 Å². The van der Waals surface area contributed by atoms with Crippen molar-refractivity contribution in [3.63, 3.8) is 0 Å². The summed E-state index contributed by atoms with van der Waals surface area (Å²) >= 11 is 1.86. The summed E-state index contributed by atoms with van der Waals surface area (Å²) in [6.07, 6.45) is 9.37. The average molecular weight is 372 g/mol. The van der Waals surface area contributed by atoms with Crippen molar-refractivity contribution in [2.75, 3.05) is 13.1 Å². The second kappa shape index (κ2) is 8.12. The molecule has 1 saturated carbocycles. The van der Waals surface area contributed by atoms with E-state index in [9.17, 15) is 4.39 Å². The number of halogens is 1. The molecule has 0 amide bonds. The fourth-order valence-electron chi connectivity index (χ4n) is 3.66. The van der Waals surface area contributed by atoms with E-state index >= 15 is 0 Å². The first-order valence-corrected chi connectivity index (χ1v) is 9.86. The van der Waals surface area contributed by atoms with Gasteiger partial charge in [-0.15, -0.1) is 11.8 Å². The molecule has 3 rings (SSSR count). The zero-order valence-corrected chi connectivity index (χ0v) is 15.8. The van der Waals surface area contributed by atoms with Crippen LogP contribution in [0, 0.1) is 17.1 Å². The number of nitrogens with zero attached hydrogens (tertiary/aromatic N) is 1. The number of nitrogens with one attached hydrogen (secondary N) is 2. The number of thioether (sulfide) groups is 1. The molecule has 0 bridgehead atoms. The summed E-state index contributed by atoms with van der Waals surface area (Å²) in [5.41, 5.74) is 0.687. The van der Waals surface area contributed by atoms with Crippen LogP contribution in [0.2, 0.25) is 0 Å². The molecule has 0 unspecified atom stereocenters. The number of likely N-dealkylation sites (tertiary alicyclic amines) is 1. The minimum atomic E-state index is -0.155. The number of rotatable bonds is 8. The quantitative estimate of drug-likeness (QED) is 0.502. The Morgan fingerprint density at radius 3 is 2.65 bits per heavy atom. The van der Waals surface area contributed by atoms with Gasteiger partial charge in [-0.1, -0.05) is 25.3 Å². The Morgan fingerprint density at radius 1 is 1.35 bits per heavy atom. The third kappa shape index (κ3) is 4.39. The lowest BCUT2D eigenvalue weighted by molar-refractivity contribution is 0.212. The van der Waals surface area contributed by atoms with Gasteiger partial charge in [0.15, 0.2) is 0 Å². The van der Waals surface area contributed by atoms with E-state index in [0.717, 1.165) is 36.6 Å². The van der Waals surface area contributed by atoms with E-state index in [2.05, 4.69) is 23.4 Å². The van der Waals surface area contributed by atoms with E-state index < -0.39 is 0 Å². The van der Waals surface area contributed by atoms with Crippen LogP contribution in [0.15, 0.2) is 66.0 Å². The minimum absolute atomic E-state index is 0.155. The third-order valence-corrected chi connectivity index (χ3v) is 6.86. The Morgan fingerprint density at radius 2 is 2.08 bits per heavy atom. The monoisotopic (exact) mass is 371 g/mol. The van der Waals surface area contributed by atoms with Crippen LogP contribution in [0.5, 0.6) is 0 Å². The first-order valence-electron chi connectivity index (χ1n) is 9.05. The molecular weight excluding hydrogens is 345 g/mol. The van der Waals surface area contributed by atoms with E-state index in [1.54, 1.807) is 24.3 Å². The van der Waals surface area contributed by atoms with Crippen molar-refractivity contribution in [3.05, 3.63) is 66.9 Å². The van der Waals surface area contributed by atoms with Crippen LogP contribution in [0.1, 0.15) is 25.7 Å². The van der Waals surface area contributed by atoms with Crippen molar-refractivity contribution < 1.29 is 4.39 Å². The van der Waals surface area contributed by atoms with Crippen LogP contribution in [0.3, 0.4) is 0 Å². The largest absolute Gasteiger partial charge is 0.359 e. The average Bonchev–Trinajstić information content (AvgIpc) is 3.42. The number of hydrogen-bond acceptors (Lipinski definition) is 4. The van der Waals surface area contributed by atoms with Crippen molar-refractivity contribution in [1.82, 2.24) is 10.2 Å². The van der Waals surface area contributed by atoms with Gasteiger partial charge in [-0.3, -0.25) is 0 Å². The van der Waals surface area contributed by atoms with E-state index in [4.69, 9.17) is 5.41 Å². The van der Waals surface area contributed by atoms with E-state index in [1.807, 2.05) is 17.8 Å². The van der Waals surface area contributed by atoms with E-state index in [0.29, 0.717) is 11.6 Å². The predicted molar refractivity (Wildman–Crippen MR) is 108 cm³/mol. The fourth-order valence-corrected chi connectivity index (χ4v) is 5.15. The number of piperidine rings is 1. The van der Waals surface area contributed by atoms with Crippen LogP contribution in [0.4, 0.5) is 4.39 Å². The molecule has 138 valence electrons. The van der Waals surface area contributed by atoms with Gasteiger partial charge in [0.25, 0.3) is 0 Å². The summed E-state index contributed by atoms with van der Waals surface area (Å²) in [6.45, 7) is 9.70. The highest BCUT2D eigenvalue weighted by atomic mass is 32.2. The Balaban J connectivity index is 1.55. The van der Waals surface area contributed by atoms with Crippen LogP contribution in [-0.4, -0.2) is 29.0 Å². The molecule has 2 fully saturated rings. The molecule has 2 aliphatic rings. The summed E-state index contributed by atoms with van der Waals surface area (Å²) < 4.78 is 13.8.